The minimum absolute atomic E-state index is 0.00104. The van der Waals surface area contributed by atoms with E-state index < -0.39 is 0 Å². The van der Waals surface area contributed by atoms with E-state index in [1.54, 1.807) is 11.8 Å². The van der Waals surface area contributed by atoms with E-state index in [0.717, 1.165) is 5.56 Å². The average molecular weight is 317 g/mol. The van der Waals surface area contributed by atoms with Crippen LogP contribution in [0.25, 0.3) is 0 Å². The van der Waals surface area contributed by atoms with Crippen molar-refractivity contribution in [3.8, 4) is 5.75 Å². The molecule has 0 aliphatic carbocycles. The summed E-state index contributed by atoms with van der Waals surface area (Å²) >= 11 is 0. The quantitative estimate of drug-likeness (QED) is 0.853. The van der Waals surface area contributed by atoms with Crippen molar-refractivity contribution < 1.29 is 18.8 Å². The third-order valence-electron chi connectivity index (χ3n) is 3.63. The first kappa shape index (κ1) is 15.5. The summed E-state index contributed by atoms with van der Waals surface area (Å²) in [5, 5.41) is 3.85. The smallest absolute Gasteiger partial charge is 0.260 e. The lowest BCUT2D eigenvalue weighted by molar-refractivity contribution is -0.141. The highest BCUT2D eigenvalue weighted by Gasteiger charge is 2.28. The molecule has 3 rings (SSSR count). The van der Waals surface area contributed by atoms with E-state index in [1.165, 1.54) is 0 Å². The predicted molar refractivity (Wildman–Crippen MR) is 81.0 cm³/mol. The predicted octanol–water partition coefficient (Wildman–Crippen LogP) is 1.67. The minimum atomic E-state index is -0.357. The van der Waals surface area contributed by atoms with Crippen molar-refractivity contribution >= 4 is 5.91 Å². The van der Waals surface area contributed by atoms with Gasteiger partial charge >= 0.3 is 0 Å². The zero-order valence-electron chi connectivity index (χ0n) is 13.2. The Hall–Kier alpha value is -2.41. The number of ether oxygens (including phenoxy) is 2. The van der Waals surface area contributed by atoms with Crippen molar-refractivity contribution in [1.29, 1.82) is 0 Å². The number of amides is 1. The number of aromatic nitrogens is 2. The number of aryl methyl sites for hydroxylation is 2. The van der Waals surface area contributed by atoms with Crippen molar-refractivity contribution in [2.75, 3.05) is 26.3 Å². The molecule has 1 saturated heterocycles. The molecule has 1 atom stereocenters. The van der Waals surface area contributed by atoms with Crippen LogP contribution in [0, 0.1) is 13.8 Å². The van der Waals surface area contributed by atoms with Gasteiger partial charge in [0.05, 0.1) is 13.2 Å². The van der Waals surface area contributed by atoms with Gasteiger partial charge in [-0.2, -0.15) is 4.98 Å². The lowest BCUT2D eigenvalue weighted by Gasteiger charge is -2.31. The molecule has 1 aromatic heterocycles. The van der Waals surface area contributed by atoms with Crippen molar-refractivity contribution in [1.82, 2.24) is 15.0 Å². The van der Waals surface area contributed by atoms with Crippen LogP contribution in [0.4, 0.5) is 0 Å². The second-order valence-electron chi connectivity index (χ2n) is 5.47. The van der Waals surface area contributed by atoms with E-state index in [0.29, 0.717) is 37.2 Å². The van der Waals surface area contributed by atoms with Gasteiger partial charge in [-0.05, 0) is 19.1 Å². The standard InChI is InChI=1S/C16H19N3O4/c1-11-3-5-13(6-4-11)22-10-15(20)19-7-8-21-14(9-19)16-17-12(2)23-18-16/h3-6,14H,7-10H2,1-2H3/t14-/m0/s1. The molecule has 1 amide bonds. The van der Waals surface area contributed by atoms with Crippen LogP contribution in [-0.2, 0) is 9.53 Å². The number of carbonyl (C=O) groups is 1. The van der Waals surface area contributed by atoms with E-state index in [-0.39, 0.29) is 18.6 Å². The van der Waals surface area contributed by atoms with Gasteiger partial charge < -0.3 is 18.9 Å². The first-order valence-electron chi connectivity index (χ1n) is 7.51. The number of carbonyl (C=O) groups excluding carboxylic acids is 1. The van der Waals surface area contributed by atoms with Gasteiger partial charge in [0.15, 0.2) is 6.61 Å². The van der Waals surface area contributed by atoms with Gasteiger partial charge in [0.2, 0.25) is 11.7 Å². The molecule has 1 aliphatic rings. The van der Waals surface area contributed by atoms with Crippen LogP contribution in [0.1, 0.15) is 23.4 Å². The second kappa shape index (κ2) is 6.78. The Kier molecular flexibility index (Phi) is 4.57. The largest absolute Gasteiger partial charge is 0.484 e. The van der Waals surface area contributed by atoms with E-state index in [2.05, 4.69) is 10.1 Å². The van der Waals surface area contributed by atoms with Gasteiger partial charge in [0.1, 0.15) is 11.9 Å². The minimum Gasteiger partial charge on any atom is -0.484 e. The fraction of sp³-hybridized carbons (Fsp3) is 0.438. The van der Waals surface area contributed by atoms with Crippen LogP contribution in [0.5, 0.6) is 5.75 Å². The maximum absolute atomic E-state index is 12.3. The summed E-state index contributed by atoms with van der Waals surface area (Å²) in [6.45, 7) is 5.09. The zero-order chi connectivity index (χ0) is 16.2. The summed E-state index contributed by atoms with van der Waals surface area (Å²) in [5.74, 6) is 1.55. The Bertz CT molecular complexity index is 668. The Balaban J connectivity index is 1.55. The highest BCUT2D eigenvalue weighted by Crippen LogP contribution is 2.20. The van der Waals surface area contributed by atoms with Crippen molar-refractivity contribution in [2.24, 2.45) is 0 Å². The number of nitrogens with zero attached hydrogens (tertiary/aromatic N) is 3. The lowest BCUT2D eigenvalue weighted by atomic mass is 10.2. The normalized spacial score (nSPS) is 18.0. The fourth-order valence-electron chi connectivity index (χ4n) is 2.35. The number of rotatable bonds is 4. The van der Waals surface area contributed by atoms with Crippen molar-refractivity contribution in [2.45, 2.75) is 20.0 Å². The van der Waals surface area contributed by atoms with Crippen molar-refractivity contribution in [3.63, 3.8) is 0 Å². The number of hydrogen-bond acceptors (Lipinski definition) is 6. The summed E-state index contributed by atoms with van der Waals surface area (Å²) in [4.78, 5) is 18.2. The summed E-state index contributed by atoms with van der Waals surface area (Å²) < 4.78 is 16.1. The van der Waals surface area contributed by atoms with Gasteiger partial charge in [0, 0.05) is 13.5 Å². The van der Waals surface area contributed by atoms with Gasteiger partial charge in [-0.15, -0.1) is 0 Å². The molecule has 2 aromatic rings. The highest BCUT2D eigenvalue weighted by atomic mass is 16.5. The summed E-state index contributed by atoms with van der Waals surface area (Å²) in [7, 11) is 0. The van der Waals surface area contributed by atoms with Crippen LogP contribution >= 0.6 is 0 Å². The number of morpholine rings is 1. The van der Waals surface area contributed by atoms with E-state index >= 15 is 0 Å². The van der Waals surface area contributed by atoms with Crippen LogP contribution in [0.3, 0.4) is 0 Å². The van der Waals surface area contributed by atoms with E-state index in [4.69, 9.17) is 14.0 Å². The van der Waals surface area contributed by atoms with Gasteiger partial charge in [-0.3, -0.25) is 4.79 Å². The Morgan fingerprint density at radius 1 is 1.35 bits per heavy atom. The average Bonchev–Trinajstić information content (AvgIpc) is 3.01. The van der Waals surface area contributed by atoms with E-state index in [1.807, 2.05) is 31.2 Å². The molecule has 0 radical (unpaired) electrons. The zero-order valence-corrected chi connectivity index (χ0v) is 13.2. The van der Waals surface area contributed by atoms with Gasteiger partial charge in [-0.25, -0.2) is 0 Å². The first-order chi connectivity index (χ1) is 11.1. The monoisotopic (exact) mass is 317 g/mol. The third-order valence-corrected chi connectivity index (χ3v) is 3.63. The van der Waals surface area contributed by atoms with Gasteiger partial charge in [-0.1, -0.05) is 22.9 Å². The molecule has 7 heteroatoms. The summed E-state index contributed by atoms with van der Waals surface area (Å²) in [6, 6.07) is 7.60. The fourth-order valence-corrected chi connectivity index (χ4v) is 2.35. The van der Waals surface area contributed by atoms with Crippen LogP contribution in [0.15, 0.2) is 28.8 Å². The first-order valence-corrected chi connectivity index (χ1v) is 7.51. The van der Waals surface area contributed by atoms with Crippen molar-refractivity contribution in [3.05, 3.63) is 41.5 Å². The molecule has 1 aromatic carbocycles. The molecule has 7 nitrogen and oxygen atoms in total. The van der Waals surface area contributed by atoms with Crippen LogP contribution < -0.4 is 4.74 Å². The molecule has 0 spiro atoms. The van der Waals surface area contributed by atoms with E-state index in [9.17, 15) is 4.79 Å². The highest BCUT2D eigenvalue weighted by molar-refractivity contribution is 5.77. The number of benzene rings is 1. The summed E-state index contributed by atoms with van der Waals surface area (Å²) in [5.41, 5.74) is 1.15. The maximum Gasteiger partial charge on any atom is 0.260 e. The Morgan fingerprint density at radius 3 is 2.83 bits per heavy atom. The molecule has 2 heterocycles. The molecule has 1 aliphatic heterocycles. The third kappa shape index (κ3) is 3.87. The topological polar surface area (TPSA) is 77.7 Å². The molecular weight excluding hydrogens is 298 g/mol. The molecule has 0 bridgehead atoms. The van der Waals surface area contributed by atoms with Crippen LogP contribution in [-0.4, -0.2) is 47.3 Å². The molecular formula is C16H19N3O4. The maximum atomic E-state index is 12.3. The van der Waals surface area contributed by atoms with Gasteiger partial charge in [0.25, 0.3) is 5.91 Å². The molecule has 0 N–H and O–H groups in total. The molecule has 23 heavy (non-hydrogen) atoms. The number of hydrogen-bond donors (Lipinski definition) is 0. The second-order valence-corrected chi connectivity index (χ2v) is 5.47. The SMILES string of the molecule is Cc1ccc(OCC(=O)N2CCO[C@H](c3noc(C)n3)C2)cc1. The Labute approximate surface area is 134 Å². The Morgan fingerprint density at radius 2 is 2.13 bits per heavy atom. The molecule has 0 unspecified atom stereocenters. The summed E-state index contributed by atoms with van der Waals surface area (Å²) in [6.07, 6.45) is -0.357. The van der Waals surface area contributed by atoms with Crippen LogP contribution in [0.2, 0.25) is 0 Å². The molecule has 1 fully saturated rings. The molecule has 122 valence electrons. The lowest BCUT2D eigenvalue weighted by Crippen LogP contribution is -2.44. The molecule has 0 saturated carbocycles.